The smallest absolute Gasteiger partial charge is 0.349 e. The molecule has 0 atom stereocenters. The van der Waals surface area contributed by atoms with Crippen LogP contribution in [0.2, 0.25) is 0 Å². The van der Waals surface area contributed by atoms with Gasteiger partial charge in [0, 0.05) is 11.0 Å². The Balaban J connectivity index is 1.56. The fourth-order valence-corrected chi connectivity index (χ4v) is 4.06. The summed E-state index contributed by atoms with van der Waals surface area (Å²) < 4.78 is 38.3. The first-order chi connectivity index (χ1) is 13.7. The van der Waals surface area contributed by atoms with Crippen LogP contribution in [0.3, 0.4) is 0 Å². The molecule has 1 fully saturated rings. The second kappa shape index (κ2) is 7.11. The van der Waals surface area contributed by atoms with Crippen LogP contribution in [0.1, 0.15) is 23.1 Å². The third kappa shape index (κ3) is 3.67. The summed E-state index contributed by atoms with van der Waals surface area (Å²) in [6, 6.07) is 12.2. The number of carbonyl (C=O) groups excluding carboxylic acids is 1. The third-order valence-electron chi connectivity index (χ3n) is 4.72. The first-order valence-electron chi connectivity index (χ1n) is 8.77. The van der Waals surface area contributed by atoms with Gasteiger partial charge in [0.25, 0.3) is 0 Å². The zero-order valence-corrected chi connectivity index (χ0v) is 16.1. The lowest BCUT2D eigenvalue weighted by molar-refractivity contribution is -0.137. The number of halogens is 3. The first-order valence-corrected chi connectivity index (χ1v) is 9.65. The summed E-state index contributed by atoms with van der Waals surface area (Å²) in [5.74, 6) is -0.369. The standard InChI is InChI=1S/C21H16F3N3OS/c1-12-2-4-13(5-3-12)17-11-29-20(26-17)16-10-18(28)27(19(16)25)15-8-6-14(7-9-15)21(22,23)24/h2-9,11,25-26H,10H2,1H3/b20-16-,25-19?. The van der Waals surface area contributed by atoms with Crippen molar-refractivity contribution in [3.05, 3.63) is 81.2 Å². The van der Waals surface area contributed by atoms with Gasteiger partial charge in [-0.3, -0.25) is 15.1 Å². The molecule has 2 aromatic carbocycles. The Bertz CT molecular complexity index is 1050. The lowest BCUT2D eigenvalue weighted by atomic mass is 10.1. The van der Waals surface area contributed by atoms with Crippen molar-refractivity contribution in [2.45, 2.75) is 19.5 Å². The highest BCUT2D eigenvalue weighted by atomic mass is 32.2. The number of nitrogens with one attached hydrogen (secondary N) is 2. The number of thioether (sulfide) groups is 1. The van der Waals surface area contributed by atoms with E-state index in [0.29, 0.717) is 10.6 Å². The Morgan fingerprint density at radius 3 is 2.34 bits per heavy atom. The number of amidine groups is 1. The first kappa shape index (κ1) is 19.3. The molecule has 2 aromatic rings. The molecular weight excluding hydrogens is 399 g/mol. The van der Waals surface area contributed by atoms with Crippen LogP contribution in [0.25, 0.3) is 5.70 Å². The molecule has 2 N–H and O–H groups in total. The molecule has 0 spiro atoms. The van der Waals surface area contributed by atoms with Crippen molar-refractivity contribution in [2.75, 3.05) is 4.90 Å². The van der Waals surface area contributed by atoms with Gasteiger partial charge >= 0.3 is 6.18 Å². The summed E-state index contributed by atoms with van der Waals surface area (Å²) in [7, 11) is 0. The molecule has 29 heavy (non-hydrogen) atoms. The quantitative estimate of drug-likeness (QED) is 0.702. The van der Waals surface area contributed by atoms with Crippen molar-refractivity contribution in [2.24, 2.45) is 0 Å². The van der Waals surface area contributed by atoms with Gasteiger partial charge in [0.1, 0.15) is 5.84 Å². The molecule has 0 unspecified atom stereocenters. The molecule has 8 heteroatoms. The topological polar surface area (TPSA) is 56.2 Å². The third-order valence-corrected chi connectivity index (χ3v) is 5.66. The number of nitrogens with zero attached hydrogens (tertiary/aromatic N) is 1. The van der Waals surface area contributed by atoms with Gasteiger partial charge in [0.15, 0.2) is 0 Å². The Hall–Kier alpha value is -3.00. The molecule has 4 rings (SSSR count). The van der Waals surface area contributed by atoms with E-state index in [-0.39, 0.29) is 23.9 Å². The number of carbonyl (C=O) groups is 1. The number of amides is 1. The van der Waals surface area contributed by atoms with Gasteiger partial charge in [-0.2, -0.15) is 13.2 Å². The minimum Gasteiger partial charge on any atom is -0.349 e. The van der Waals surface area contributed by atoms with Crippen LogP contribution in [0.5, 0.6) is 0 Å². The van der Waals surface area contributed by atoms with Crippen LogP contribution in [-0.4, -0.2) is 11.7 Å². The molecular formula is C21H16F3N3OS. The molecule has 0 radical (unpaired) electrons. The SMILES string of the molecule is Cc1ccc(C2=CS/C(=C3/CC(=O)N(c4ccc(C(F)(F)F)cc4)C3=N)N2)cc1. The van der Waals surface area contributed by atoms with E-state index in [4.69, 9.17) is 5.41 Å². The lowest BCUT2D eigenvalue weighted by Crippen LogP contribution is -2.28. The van der Waals surface area contributed by atoms with Gasteiger partial charge in [-0.25, -0.2) is 0 Å². The zero-order valence-electron chi connectivity index (χ0n) is 15.3. The molecule has 2 heterocycles. The van der Waals surface area contributed by atoms with Gasteiger partial charge in [0.05, 0.1) is 28.4 Å². The normalized spacial score (nSPS) is 19.6. The molecule has 148 valence electrons. The van der Waals surface area contributed by atoms with E-state index in [1.54, 1.807) is 0 Å². The molecule has 1 amide bonds. The van der Waals surface area contributed by atoms with Crippen LogP contribution in [0.4, 0.5) is 18.9 Å². The van der Waals surface area contributed by atoms with Crippen LogP contribution in [0, 0.1) is 12.3 Å². The minimum absolute atomic E-state index is 0.0181. The fourth-order valence-electron chi connectivity index (χ4n) is 3.15. The monoisotopic (exact) mass is 415 g/mol. The van der Waals surface area contributed by atoms with E-state index in [1.807, 2.05) is 36.6 Å². The second-order valence-corrected chi connectivity index (χ2v) is 7.63. The van der Waals surface area contributed by atoms with Gasteiger partial charge in [-0.05, 0) is 36.8 Å². The second-order valence-electron chi connectivity index (χ2n) is 6.75. The number of benzene rings is 2. The van der Waals surface area contributed by atoms with Crippen molar-refractivity contribution in [3.8, 4) is 0 Å². The van der Waals surface area contributed by atoms with Crippen molar-refractivity contribution >= 4 is 34.9 Å². The summed E-state index contributed by atoms with van der Waals surface area (Å²) in [5.41, 5.74) is 3.00. The summed E-state index contributed by atoms with van der Waals surface area (Å²) in [6.45, 7) is 2.00. The Morgan fingerprint density at radius 1 is 1.07 bits per heavy atom. The van der Waals surface area contributed by atoms with E-state index in [1.165, 1.54) is 23.9 Å². The Kier molecular flexibility index (Phi) is 4.74. The van der Waals surface area contributed by atoms with Crippen molar-refractivity contribution in [3.63, 3.8) is 0 Å². The zero-order chi connectivity index (χ0) is 20.8. The maximum Gasteiger partial charge on any atom is 0.416 e. The number of aryl methyl sites for hydroxylation is 1. The highest BCUT2D eigenvalue weighted by Crippen LogP contribution is 2.38. The molecule has 4 nitrogen and oxygen atoms in total. The fraction of sp³-hybridized carbons (Fsp3) is 0.143. The summed E-state index contributed by atoms with van der Waals surface area (Å²) in [5, 5.41) is 14.3. The van der Waals surface area contributed by atoms with Crippen LogP contribution >= 0.6 is 11.8 Å². The predicted octanol–water partition coefficient (Wildman–Crippen LogP) is 5.27. The molecule has 0 aliphatic carbocycles. The van der Waals surface area contributed by atoms with Crippen molar-refractivity contribution < 1.29 is 18.0 Å². The average Bonchev–Trinajstić information content (AvgIpc) is 3.26. The van der Waals surface area contributed by atoms with E-state index >= 15 is 0 Å². The van der Waals surface area contributed by atoms with Crippen LogP contribution < -0.4 is 10.2 Å². The van der Waals surface area contributed by atoms with E-state index in [9.17, 15) is 18.0 Å². The number of anilines is 1. The van der Waals surface area contributed by atoms with E-state index in [2.05, 4.69) is 5.32 Å². The van der Waals surface area contributed by atoms with Gasteiger partial charge < -0.3 is 5.32 Å². The summed E-state index contributed by atoms with van der Waals surface area (Å²) in [6.07, 6.45) is -4.43. The highest BCUT2D eigenvalue weighted by molar-refractivity contribution is 8.06. The number of alkyl halides is 3. The highest BCUT2D eigenvalue weighted by Gasteiger charge is 2.36. The van der Waals surface area contributed by atoms with Crippen molar-refractivity contribution in [1.82, 2.24) is 5.32 Å². The van der Waals surface area contributed by atoms with Crippen LogP contribution in [0.15, 0.2) is 64.5 Å². The van der Waals surface area contributed by atoms with Gasteiger partial charge in [-0.1, -0.05) is 41.6 Å². The lowest BCUT2D eigenvalue weighted by Gasteiger charge is -2.17. The van der Waals surface area contributed by atoms with Crippen LogP contribution in [-0.2, 0) is 11.0 Å². The number of rotatable bonds is 2. The molecule has 0 saturated carbocycles. The van der Waals surface area contributed by atoms with Gasteiger partial charge in [0.2, 0.25) is 5.91 Å². The Labute approximate surface area is 169 Å². The average molecular weight is 415 g/mol. The van der Waals surface area contributed by atoms with E-state index in [0.717, 1.165) is 33.9 Å². The maximum atomic E-state index is 12.8. The maximum absolute atomic E-state index is 12.8. The summed E-state index contributed by atoms with van der Waals surface area (Å²) >= 11 is 1.39. The largest absolute Gasteiger partial charge is 0.416 e. The molecule has 2 aliphatic heterocycles. The minimum atomic E-state index is -4.45. The van der Waals surface area contributed by atoms with Crippen molar-refractivity contribution in [1.29, 1.82) is 5.41 Å². The van der Waals surface area contributed by atoms with E-state index < -0.39 is 11.7 Å². The number of hydrogen-bond acceptors (Lipinski definition) is 4. The predicted molar refractivity (Wildman–Crippen MR) is 108 cm³/mol. The molecule has 0 aromatic heterocycles. The van der Waals surface area contributed by atoms with Gasteiger partial charge in [-0.15, -0.1) is 0 Å². The molecule has 2 aliphatic rings. The molecule has 0 bridgehead atoms. The number of hydrogen-bond donors (Lipinski definition) is 2. The molecule has 1 saturated heterocycles. The summed E-state index contributed by atoms with van der Waals surface area (Å²) in [4.78, 5) is 13.6. The Morgan fingerprint density at radius 2 is 1.72 bits per heavy atom.